The molecular formula is C20H33N3O5. The van der Waals surface area contributed by atoms with Crippen LogP contribution in [0.25, 0.3) is 0 Å². The molecule has 8 nitrogen and oxygen atoms in total. The zero-order valence-corrected chi connectivity index (χ0v) is 17.4. The number of hydrogen-bond donors (Lipinski definition) is 3. The first-order chi connectivity index (χ1) is 13.0. The maximum Gasteiger partial charge on any atom is 0.408 e. The molecule has 2 aliphatic rings. The average Bonchev–Trinajstić information content (AvgIpc) is 2.79. The number of nitrogens with zero attached hydrogens (tertiary/aromatic N) is 1. The molecule has 0 saturated carbocycles. The molecule has 4 atom stereocenters. The molecule has 0 bridgehead atoms. The summed E-state index contributed by atoms with van der Waals surface area (Å²) in [7, 11) is 0. The van der Waals surface area contributed by atoms with Crippen molar-refractivity contribution in [2.24, 2.45) is 0 Å². The number of fused-ring (bicyclic) bond motifs is 1. The summed E-state index contributed by atoms with van der Waals surface area (Å²) in [4.78, 5) is 38.6. The first-order valence-electron chi connectivity index (χ1n) is 9.88. The third-order valence-electron chi connectivity index (χ3n) is 4.89. The lowest BCUT2D eigenvalue weighted by Gasteiger charge is -2.27. The molecule has 0 radical (unpaired) electrons. The molecule has 2 aliphatic heterocycles. The second-order valence-electron chi connectivity index (χ2n) is 8.87. The van der Waals surface area contributed by atoms with Crippen molar-refractivity contribution in [3.63, 3.8) is 0 Å². The zero-order valence-electron chi connectivity index (χ0n) is 17.4. The van der Waals surface area contributed by atoms with Crippen molar-refractivity contribution in [1.29, 1.82) is 0 Å². The molecule has 3 amide bonds. The van der Waals surface area contributed by atoms with Crippen LogP contribution in [0, 0.1) is 0 Å². The van der Waals surface area contributed by atoms with Crippen molar-refractivity contribution in [2.75, 3.05) is 6.54 Å². The van der Waals surface area contributed by atoms with Crippen LogP contribution in [0.4, 0.5) is 4.79 Å². The van der Waals surface area contributed by atoms with Crippen LogP contribution in [0.5, 0.6) is 0 Å². The topological polar surface area (TPSA) is 108 Å². The van der Waals surface area contributed by atoms with E-state index in [4.69, 9.17) is 4.74 Å². The maximum atomic E-state index is 12.8. The molecule has 0 aromatic rings. The number of ether oxygens (including phenoxy) is 1. The van der Waals surface area contributed by atoms with E-state index < -0.39 is 35.8 Å². The van der Waals surface area contributed by atoms with E-state index in [0.717, 1.165) is 18.4 Å². The molecule has 0 aromatic carbocycles. The van der Waals surface area contributed by atoms with E-state index in [1.807, 2.05) is 13.8 Å². The first-order valence-corrected chi connectivity index (χ1v) is 9.88. The number of amides is 3. The molecule has 2 saturated heterocycles. The van der Waals surface area contributed by atoms with E-state index in [-0.39, 0.29) is 18.5 Å². The van der Waals surface area contributed by atoms with E-state index in [9.17, 15) is 19.5 Å². The van der Waals surface area contributed by atoms with Gasteiger partial charge in [0.1, 0.15) is 11.6 Å². The second kappa shape index (κ2) is 8.94. The van der Waals surface area contributed by atoms with Gasteiger partial charge in [-0.2, -0.15) is 0 Å². The van der Waals surface area contributed by atoms with Gasteiger partial charge >= 0.3 is 6.09 Å². The zero-order chi connectivity index (χ0) is 21.1. The third-order valence-corrected chi connectivity index (χ3v) is 4.89. The number of carbonyl (C=O) groups excluding carboxylic acids is 3. The van der Waals surface area contributed by atoms with Gasteiger partial charge in [0, 0.05) is 19.0 Å². The van der Waals surface area contributed by atoms with Gasteiger partial charge in [0.2, 0.25) is 11.8 Å². The standard InChI is InChI=1S/C20H33N3O5/c1-12(2)10-15(22-19(27)28-20(3,4)5)18(26)21-14-8-6-13-7-9-17(25)23(13)11-16(14)24/h10,13-16,24H,6-9,11H2,1-5H3,(H,21,26)(H,22,27)/t13-,14+,15+,16+/m1/s1. The Balaban J connectivity index is 2.03. The first kappa shape index (κ1) is 22.2. The molecule has 0 unspecified atom stereocenters. The molecule has 3 N–H and O–H groups in total. The molecule has 0 aromatic heterocycles. The summed E-state index contributed by atoms with van der Waals surface area (Å²) in [5.41, 5.74) is 0.190. The highest BCUT2D eigenvalue weighted by molar-refractivity contribution is 5.88. The van der Waals surface area contributed by atoms with Crippen LogP contribution in [0.3, 0.4) is 0 Å². The Morgan fingerprint density at radius 3 is 2.54 bits per heavy atom. The van der Waals surface area contributed by atoms with Crippen LogP contribution in [-0.4, -0.2) is 64.3 Å². The smallest absolute Gasteiger partial charge is 0.408 e. The normalized spacial score (nSPS) is 26.0. The lowest BCUT2D eigenvalue weighted by molar-refractivity contribution is -0.130. The van der Waals surface area contributed by atoms with Crippen molar-refractivity contribution in [2.45, 2.75) is 90.1 Å². The molecular weight excluding hydrogens is 362 g/mol. The predicted molar refractivity (Wildman–Crippen MR) is 104 cm³/mol. The summed E-state index contributed by atoms with van der Waals surface area (Å²) in [6.45, 7) is 9.13. The predicted octanol–water partition coefficient (Wildman–Crippen LogP) is 1.48. The minimum atomic E-state index is -0.906. The van der Waals surface area contributed by atoms with Gasteiger partial charge in [0.05, 0.1) is 12.1 Å². The van der Waals surface area contributed by atoms with E-state index in [1.165, 1.54) is 0 Å². The number of alkyl carbamates (subject to hydrolysis) is 1. The Bertz CT molecular complexity index is 636. The lowest BCUT2D eigenvalue weighted by Crippen LogP contribution is -2.53. The van der Waals surface area contributed by atoms with Crippen molar-refractivity contribution < 1.29 is 24.2 Å². The molecule has 2 rings (SSSR count). The van der Waals surface area contributed by atoms with Crippen molar-refractivity contribution in [3.05, 3.63) is 11.6 Å². The number of aliphatic hydroxyl groups is 1. The molecule has 2 fully saturated rings. The van der Waals surface area contributed by atoms with Gasteiger partial charge < -0.3 is 25.4 Å². The van der Waals surface area contributed by atoms with E-state index >= 15 is 0 Å². The fourth-order valence-electron chi connectivity index (χ4n) is 3.63. The van der Waals surface area contributed by atoms with Crippen molar-refractivity contribution in [3.8, 4) is 0 Å². The largest absolute Gasteiger partial charge is 0.444 e. The van der Waals surface area contributed by atoms with Gasteiger partial charge in [0.25, 0.3) is 0 Å². The number of hydrogen-bond acceptors (Lipinski definition) is 5. The number of carbonyl (C=O) groups is 3. The number of rotatable bonds is 4. The number of aliphatic hydroxyl groups excluding tert-OH is 1. The highest BCUT2D eigenvalue weighted by atomic mass is 16.6. The molecule has 0 aliphatic carbocycles. The molecule has 158 valence electrons. The minimum absolute atomic E-state index is 0.0602. The van der Waals surface area contributed by atoms with Crippen molar-refractivity contribution in [1.82, 2.24) is 15.5 Å². The highest BCUT2D eigenvalue weighted by Gasteiger charge is 2.38. The van der Waals surface area contributed by atoms with Crippen LogP contribution < -0.4 is 10.6 Å². The van der Waals surface area contributed by atoms with Gasteiger partial charge in [-0.3, -0.25) is 9.59 Å². The Kier molecular flexibility index (Phi) is 7.09. The molecule has 8 heteroatoms. The van der Waals surface area contributed by atoms with Gasteiger partial charge in [-0.25, -0.2) is 4.79 Å². The van der Waals surface area contributed by atoms with Gasteiger partial charge in [-0.05, 0) is 53.9 Å². The summed E-state index contributed by atoms with van der Waals surface area (Å²) in [5.74, 6) is -0.352. The fourth-order valence-corrected chi connectivity index (χ4v) is 3.63. The highest BCUT2D eigenvalue weighted by Crippen LogP contribution is 2.27. The Hall–Kier alpha value is -2.09. The monoisotopic (exact) mass is 395 g/mol. The number of allylic oxidation sites excluding steroid dienone is 1. The summed E-state index contributed by atoms with van der Waals surface area (Å²) in [6.07, 6.45) is 2.76. The second-order valence-corrected chi connectivity index (χ2v) is 8.87. The van der Waals surface area contributed by atoms with E-state index in [1.54, 1.807) is 31.7 Å². The van der Waals surface area contributed by atoms with Crippen LogP contribution in [0.1, 0.15) is 60.3 Å². The Morgan fingerprint density at radius 1 is 1.25 bits per heavy atom. The molecule has 0 spiro atoms. The summed E-state index contributed by atoms with van der Waals surface area (Å²) in [5, 5.41) is 15.9. The van der Waals surface area contributed by atoms with Crippen LogP contribution in [0.2, 0.25) is 0 Å². The van der Waals surface area contributed by atoms with E-state index in [2.05, 4.69) is 10.6 Å². The van der Waals surface area contributed by atoms with Crippen LogP contribution in [-0.2, 0) is 14.3 Å². The van der Waals surface area contributed by atoms with Gasteiger partial charge in [-0.1, -0.05) is 11.6 Å². The minimum Gasteiger partial charge on any atom is -0.444 e. The Morgan fingerprint density at radius 2 is 1.93 bits per heavy atom. The third kappa shape index (κ3) is 6.22. The maximum absolute atomic E-state index is 12.8. The average molecular weight is 396 g/mol. The Labute approximate surface area is 166 Å². The van der Waals surface area contributed by atoms with E-state index in [0.29, 0.717) is 12.8 Å². The van der Waals surface area contributed by atoms with Gasteiger partial charge in [-0.15, -0.1) is 0 Å². The summed E-state index contributed by atoms with van der Waals surface area (Å²) in [6, 6.07) is -1.24. The number of nitrogens with one attached hydrogen (secondary N) is 2. The SMILES string of the molecule is CC(C)=C[C@H](NC(=O)OC(C)(C)C)C(=O)N[C@H]1CC[C@@H]2CCC(=O)N2C[C@@H]1O. The summed E-state index contributed by atoms with van der Waals surface area (Å²) >= 11 is 0. The van der Waals surface area contributed by atoms with Crippen LogP contribution >= 0.6 is 0 Å². The molecule has 2 heterocycles. The van der Waals surface area contributed by atoms with Crippen molar-refractivity contribution >= 4 is 17.9 Å². The van der Waals surface area contributed by atoms with Crippen LogP contribution in [0.15, 0.2) is 11.6 Å². The quantitative estimate of drug-likeness (QED) is 0.625. The van der Waals surface area contributed by atoms with Gasteiger partial charge in [0.15, 0.2) is 0 Å². The lowest BCUT2D eigenvalue weighted by atomic mass is 10.0. The fraction of sp³-hybridized carbons (Fsp3) is 0.750. The molecule has 28 heavy (non-hydrogen) atoms. The summed E-state index contributed by atoms with van der Waals surface area (Å²) < 4.78 is 5.24.